The highest BCUT2D eigenvalue weighted by atomic mass is 19.1. The van der Waals surface area contributed by atoms with Crippen molar-refractivity contribution < 1.29 is 9.18 Å². The summed E-state index contributed by atoms with van der Waals surface area (Å²) in [4.78, 5) is 15.9. The molecule has 0 saturated carbocycles. The lowest BCUT2D eigenvalue weighted by Crippen LogP contribution is -2.43. The summed E-state index contributed by atoms with van der Waals surface area (Å²) in [7, 11) is 1.58. The average molecular weight is 235 g/mol. The highest BCUT2D eigenvalue weighted by molar-refractivity contribution is 6.09. The van der Waals surface area contributed by atoms with Crippen LogP contribution < -0.4 is 10.6 Å². The quantitative estimate of drug-likeness (QED) is 0.807. The molecule has 0 spiro atoms. The Balaban J connectivity index is 2.49. The monoisotopic (exact) mass is 235 g/mol. The number of carbonyl (C=O) groups is 1. The van der Waals surface area contributed by atoms with E-state index in [2.05, 4.69) is 15.6 Å². The van der Waals surface area contributed by atoms with E-state index >= 15 is 0 Å². The number of nitrogens with zero attached hydrogens (tertiary/aromatic N) is 1. The van der Waals surface area contributed by atoms with Gasteiger partial charge < -0.3 is 5.32 Å². The molecule has 0 bridgehead atoms. The normalized spacial score (nSPS) is 25.8. The van der Waals surface area contributed by atoms with Crippen molar-refractivity contribution in [2.24, 2.45) is 4.99 Å². The van der Waals surface area contributed by atoms with E-state index in [4.69, 9.17) is 0 Å². The molecule has 1 unspecified atom stereocenters. The second-order valence-electron chi connectivity index (χ2n) is 3.92. The van der Waals surface area contributed by atoms with Gasteiger partial charge in [0.1, 0.15) is 11.4 Å². The molecule has 0 aliphatic carbocycles. The Bertz CT molecular complexity index is 486. The van der Waals surface area contributed by atoms with Gasteiger partial charge in [0, 0.05) is 7.05 Å². The number of rotatable bonds is 2. The summed E-state index contributed by atoms with van der Waals surface area (Å²) in [5.74, 6) is -0.140. The molecular weight excluding hydrogens is 221 g/mol. The van der Waals surface area contributed by atoms with Crippen LogP contribution in [0.3, 0.4) is 0 Å². The minimum absolute atomic E-state index is 0.203. The summed E-state index contributed by atoms with van der Waals surface area (Å²) in [5.41, 5.74) is -0.312. The highest BCUT2D eigenvalue weighted by Gasteiger charge is 2.45. The van der Waals surface area contributed by atoms with Gasteiger partial charge in [-0.25, -0.2) is 4.39 Å². The minimum Gasteiger partial charge on any atom is -0.338 e. The number of aliphatic imine (C=N–C) groups is 1. The molecule has 1 aromatic rings. The number of hydrogen-bond donors (Lipinski definition) is 2. The van der Waals surface area contributed by atoms with Crippen LogP contribution in [0, 0.1) is 5.82 Å². The van der Waals surface area contributed by atoms with Gasteiger partial charge in [0.25, 0.3) is 5.91 Å². The largest absolute Gasteiger partial charge is 0.338 e. The van der Waals surface area contributed by atoms with Crippen LogP contribution in [0.2, 0.25) is 0 Å². The fraction of sp³-hybridized carbons (Fsp3) is 0.333. The SMILES string of the molecule is CCC1(c2cccc(F)c2)NC(=NC)NC1=O. The van der Waals surface area contributed by atoms with E-state index < -0.39 is 5.54 Å². The standard InChI is InChI=1S/C12H14FN3O/c1-3-12(8-5-4-6-9(13)7-8)10(17)15-11(14-2)16-12/h4-7H,3H2,1-2H3,(H2,14,15,16,17). The predicted octanol–water partition coefficient (Wildman–Crippen LogP) is 1.14. The van der Waals surface area contributed by atoms with Gasteiger partial charge in [0.2, 0.25) is 0 Å². The van der Waals surface area contributed by atoms with Crippen molar-refractivity contribution in [1.29, 1.82) is 0 Å². The lowest BCUT2D eigenvalue weighted by molar-refractivity contribution is -0.124. The Morgan fingerprint density at radius 2 is 2.24 bits per heavy atom. The van der Waals surface area contributed by atoms with E-state index in [1.54, 1.807) is 19.2 Å². The number of nitrogens with one attached hydrogen (secondary N) is 2. The molecule has 2 N–H and O–H groups in total. The Labute approximate surface area is 98.9 Å². The summed E-state index contributed by atoms with van der Waals surface area (Å²) < 4.78 is 13.2. The molecule has 1 heterocycles. The number of guanidine groups is 1. The molecule has 1 aliphatic rings. The lowest BCUT2D eigenvalue weighted by atomic mass is 9.87. The Morgan fingerprint density at radius 1 is 1.47 bits per heavy atom. The number of amides is 1. The zero-order valence-corrected chi connectivity index (χ0v) is 9.75. The fourth-order valence-electron chi connectivity index (χ4n) is 2.03. The maximum Gasteiger partial charge on any atom is 0.257 e. The molecule has 1 saturated heterocycles. The van der Waals surface area contributed by atoms with Crippen molar-refractivity contribution in [1.82, 2.24) is 10.6 Å². The van der Waals surface area contributed by atoms with Gasteiger partial charge in [-0.2, -0.15) is 0 Å². The zero-order chi connectivity index (χ0) is 12.5. The zero-order valence-electron chi connectivity index (χ0n) is 9.75. The summed E-state index contributed by atoms with van der Waals surface area (Å²) in [6.07, 6.45) is 0.515. The van der Waals surface area contributed by atoms with Crippen molar-refractivity contribution in [2.45, 2.75) is 18.9 Å². The maximum atomic E-state index is 13.2. The Morgan fingerprint density at radius 3 is 2.76 bits per heavy atom. The molecule has 4 nitrogen and oxygen atoms in total. The Kier molecular flexibility index (Phi) is 2.83. The van der Waals surface area contributed by atoms with Crippen LogP contribution in [-0.2, 0) is 10.3 Å². The molecule has 1 amide bonds. The molecule has 0 aromatic heterocycles. The number of hydrogen-bond acceptors (Lipinski definition) is 2. The van der Waals surface area contributed by atoms with Crippen molar-refractivity contribution in [3.63, 3.8) is 0 Å². The van der Waals surface area contributed by atoms with Gasteiger partial charge in [-0.1, -0.05) is 19.1 Å². The fourth-order valence-corrected chi connectivity index (χ4v) is 2.03. The van der Waals surface area contributed by atoms with E-state index in [0.29, 0.717) is 17.9 Å². The summed E-state index contributed by atoms with van der Waals surface area (Å²) >= 11 is 0. The van der Waals surface area contributed by atoms with E-state index in [-0.39, 0.29) is 11.7 Å². The third-order valence-corrected chi connectivity index (χ3v) is 3.02. The van der Waals surface area contributed by atoms with Gasteiger partial charge in [-0.05, 0) is 24.1 Å². The molecule has 0 radical (unpaired) electrons. The van der Waals surface area contributed by atoms with Crippen molar-refractivity contribution in [2.75, 3.05) is 7.05 Å². The molecule has 90 valence electrons. The first kappa shape index (κ1) is 11.6. The van der Waals surface area contributed by atoms with Crippen LogP contribution in [0.5, 0.6) is 0 Å². The van der Waals surface area contributed by atoms with Crippen LogP contribution in [0.4, 0.5) is 4.39 Å². The second kappa shape index (κ2) is 4.16. The number of halogens is 1. The molecule has 1 aromatic carbocycles. The first-order valence-electron chi connectivity index (χ1n) is 5.45. The van der Waals surface area contributed by atoms with Crippen LogP contribution in [-0.4, -0.2) is 18.9 Å². The highest BCUT2D eigenvalue weighted by Crippen LogP contribution is 2.28. The molecule has 1 atom stereocenters. The van der Waals surface area contributed by atoms with Gasteiger partial charge in [-0.15, -0.1) is 0 Å². The molecule has 17 heavy (non-hydrogen) atoms. The van der Waals surface area contributed by atoms with Crippen LogP contribution in [0.15, 0.2) is 29.3 Å². The summed E-state index contributed by atoms with van der Waals surface area (Å²) in [6.45, 7) is 1.87. The molecule has 2 rings (SSSR count). The van der Waals surface area contributed by atoms with Crippen molar-refractivity contribution in [3.8, 4) is 0 Å². The molecule has 5 heteroatoms. The summed E-state index contributed by atoms with van der Waals surface area (Å²) in [6, 6.07) is 6.05. The molecule has 1 aliphatic heterocycles. The number of carbonyl (C=O) groups excluding carboxylic acids is 1. The third kappa shape index (κ3) is 1.77. The summed E-state index contributed by atoms with van der Waals surface area (Å²) in [5, 5.41) is 5.66. The molecular formula is C12H14FN3O. The van der Waals surface area contributed by atoms with E-state index in [1.807, 2.05) is 6.92 Å². The lowest BCUT2D eigenvalue weighted by Gasteiger charge is -2.25. The van der Waals surface area contributed by atoms with Crippen molar-refractivity contribution in [3.05, 3.63) is 35.6 Å². The van der Waals surface area contributed by atoms with Gasteiger partial charge in [0.05, 0.1) is 0 Å². The Hall–Kier alpha value is -1.91. The van der Waals surface area contributed by atoms with Crippen LogP contribution in [0.1, 0.15) is 18.9 Å². The van der Waals surface area contributed by atoms with Crippen LogP contribution >= 0.6 is 0 Å². The molecule has 1 fully saturated rings. The smallest absolute Gasteiger partial charge is 0.257 e. The van der Waals surface area contributed by atoms with E-state index in [0.717, 1.165) is 0 Å². The average Bonchev–Trinajstić information content (AvgIpc) is 2.67. The van der Waals surface area contributed by atoms with E-state index in [9.17, 15) is 9.18 Å². The maximum absolute atomic E-state index is 13.2. The third-order valence-electron chi connectivity index (χ3n) is 3.02. The van der Waals surface area contributed by atoms with Gasteiger partial charge >= 0.3 is 0 Å². The predicted molar refractivity (Wildman–Crippen MR) is 63.0 cm³/mol. The number of benzene rings is 1. The first-order valence-corrected chi connectivity index (χ1v) is 5.45. The first-order chi connectivity index (χ1) is 8.12. The topological polar surface area (TPSA) is 53.5 Å². The second-order valence-corrected chi connectivity index (χ2v) is 3.92. The van der Waals surface area contributed by atoms with Crippen LogP contribution in [0.25, 0.3) is 0 Å². The van der Waals surface area contributed by atoms with E-state index in [1.165, 1.54) is 12.1 Å². The van der Waals surface area contributed by atoms with Crippen molar-refractivity contribution >= 4 is 11.9 Å². The minimum atomic E-state index is -0.920. The van der Waals surface area contributed by atoms with Gasteiger partial charge in [-0.3, -0.25) is 15.1 Å². The van der Waals surface area contributed by atoms with Gasteiger partial charge in [0.15, 0.2) is 5.96 Å².